The third-order valence-corrected chi connectivity index (χ3v) is 3.89. The maximum atomic E-state index is 12.5. The molecule has 23 heavy (non-hydrogen) atoms. The molecule has 6 nitrogen and oxygen atoms in total. The van der Waals surface area contributed by atoms with Gasteiger partial charge in [0.05, 0.1) is 23.8 Å². The lowest BCUT2D eigenvalue weighted by Crippen LogP contribution is -2.19. The summed E-state index contributed by atoms with van der Waals surface area (Å²) in [7, 11) is 4.95. The zero-order chi connectivity index (χ0) is 16.6. The van der Waals surface area contributed by atoms with Crippen molar-refractivity contribution in [1.29, 1.82) is 0 Å². The van der Waals surface area contributed by atoms with Crippen LogP contribution in [-0.2, 0) is 14.1 Å². The number of aryl methyl sites for hydroxylation is 2. The van der Waals surface area contributed by atoms with Gasteiger partial charge in [-0.15, -0.1) is 0 Å². The molecule has 0 aliphatic rings. The zero-order valence-corrected chi connectivity index (χ0v) is 13.2. The number of fused-ring (bicyclic) bond motifs is 1. The van der Waals surface area contributed by atoms with Gasteiger partial charge in [0, 0.05) is 19.7 Å². The van der Waals surface area contributed by atoms with Gasteiger partial charge in [0.2, 0.25) is 0 Å². The van der Waals surface area contributed by atoms with Crippen molar-refractivity contribution >= 4 is 22.6 Å². The first-order valence-corrected chi connectivity index (χ1v) is 7.12. The third-order valence-electron chi connectivity index (χ3n) is 3.89. The highest BCUT2D eigenvalue weighted by molar-refractivity contribution is 6.06. The van der Waals surface area contributed by atoms with Crippen LogP contribution in [0.5, 0.6) is 5.75 Å². The minimum Gasteiger partial charge on any atom is -0.495 e. The number of nitrogens with one attached hydrogen (secondary N) is 1. The van der Waals surface area contributed by atoms with Crippen LogP contribution >= 0.6 is 0 Å². The molecule has 0 atom stereocenters. The summed E-state index contributed by atoms with van der Waals surface area (Å²) in [5.74, 6) is 0.335. The summed E-state index contributed by atoms with van der Waals surface area (Å²) in [6.45, 7) is 0. The number of hydrogen-bond donors (Lipinski definition) is 1. The number of hydrogen-bond acceptors (Lipinski definition) is 3. The van der Waals surface area contributed by atoms with Crippen LogP contribution < -0.4 is 15.7 Å². The van der Waals surface area contributed by atoms with Gasteiger partial charge in [0.25, 0.3) is 5.91 Å². The molecule has 1 heterocycles. The number of imidazole rings is 1. The summed E-state index contributed by atoms with van der Waals surface area (Å²) >= 11 is 0. The molecule has 0 radical (unpaired) electrons. The van der Waals surface area contributed by atoms with E-state index in [4.69, 9.17) is 4.74 Å². The van der Waals surface area contributed by atoms with E-state index in [1.165, 1.54) is 4.57 Å². The molecule has 0 aliphatic carbocycles. The highest BCUT2D eigenvalue weighted by Crippen LogP contribution is 2.24. The van der Waals surface area contributed by atoms with E-state index in [0.717, 1.165) is 5.52 Å². The average molecular weight is 311 g/mol. The normalized spacial score (nSPS) is 10.7. The summed E-state index contributed by atoms with van der Waals surface area (Å²) in [5.41, 5.74) is 2.45. The number of amides is 1. The lowest BCUT2D eigenvalue weighted by molar-refractivity contribution is 0.102. The molecular weight excluding hydrogens is 294 g/mol. The number of nitrogens with zero attached hydrogens (tertiary/aromatic N) is 2. The van der Waals surface area contributed by atoms with Gasteiger partial charge in [-0.05, 0) is 30.3 Å². The Balaban J connectivity index is 1.98. The highest BCUT2D eigenvalue weighted by Gasteiger charge is 2.13. The number of para-hydroxylation sites is 2. The second kappa shape index (κ2) is 5.64. The van der Waals surface area contributed by atoms with Crippen molar-refractivity contribution in [2.45, 2.75) is 0 Å². The Labute approximate surface area is 132 Å². The third kappa shape index (κ3) is 2.48. The Bertz CT molecular complexity index is 953. The van der Waals surface area contributed by atoms with E-state index in [1.807, 2.05) is 12.1 Å². The lowest BCUT2D eigenvalue weighted by atomic mass is 10.1. The molecule has 0 saturated heterocycles. The van der Waals surface area contributed by atoms with Crippen molar-refractivity contribution in [2.75, 3.05) is 12.4 Å². The number of rotatable bonds is 3. The number of aromatic nitrogens is 2. The number of carbonyl (C=O) groups excluding carboxylic acids is 1. The van der Waals surface area contributed by atoms with E-state index >= 15 is 0 Å². The molecule has 0 spiro atoms. The number of benzene rings is 2. The molecular formula is C17H17N3O3. The van der Waals surface area contributed by atoms with Crippen molar-refractivity contribution in [3.05, 3.63) is 58.5 Å². The Hall–Kier alpha value is -3.02. The summed E-state index contributed by atoms with van der Waals surface area (Å²) in [6.07, 6.45) is 0. The molecule has 0 aliphatic heterocycles. The Kier molecular flexibility index (Phi) is 3.65. The smallest absolute Gasteiger partial charge is 0.328 e. The summed E-state index contributed by atoms with van der Waals surface area (Å²) < 4.78 is 8.30. The van der Waals surface area contributed by atoms with Crippen molar-refractivity contribution in [3.8, 4) is 5.75 Å². The van der Waals surface area contributed by atoms with Crippen LogP contribution in [0.25, 0.3) is 11.0 Å². The minimum atomic E-state index is -0.257. The van der Waals surface area contributed by atoms with Crippen LogP contribution in [0.1, 0.15) is 10.4 Å². The fourth-order valence-corrected chi connectivity index (χ4v) is 2.59. The first-order valence-electron chi connectivity index (χ1n) is 7.12. The van der Waals surface area contributed by atoms with Crippen LogP contribution in [0.4, 0.5) is 5.69 Å². The predicted molar refractivity (Wildman–Crippen MR) is 89.1 cm³/mol. The van der Waals surface area contributed by atoms with Gasteiger partial charge in [-0.25, -0.2) is 4.79 Å². The van der Waals surface area contributed by atoms with Crippen LogP contribution in [-0.4, -0.2) is 22.2 Å². The highest BCUT2D eigenvalue weighted by atomic mass is 16.5. The molecule has 0 fully saturated rings. The van der Waals surface area contributed by atoms with Crippen molar-refractivity contribution in [3.63, 3.8) is 0 Å². The van der Waals surface area contributed by atoms with Gasteiger partial charge >= 0.3 is 5.69 Å². The Morgan fingerprint density at radius 2 is 1.74 bits per heavy atom. The van der Waals surface area contributed by atoms with E-state index in [-0.39, 0.29) is 11.6 Å². The second-order valence-corrected chi connectivity index (χ2v) is 5.26. The first kappa shape index (κ1) is 14.9. The summed E-state index contributed by atoms with van der Waals surface area (Å²) in [4.78, 5) is 24.4. The van der Waals surface area contributed by atoms with Gasteiger partial charge in [-0.2, -0.15) is 0 Å². The largest absolute Gasteiger partial charge is 0.495 e. The Morgan fingerprint density at radius 3 is 2.48 bits per heavy atom. The Morgan fingerprint density at radius 1 is 1.04 bits per heavy atom. The molecule has 0 unspecified atom stereocenters. The fourth-order valence-electron chi connectivity index (χ4n) is 2.59. The lowest BCUT2D eigenvalue weighted by Gasteiger charge is -2.10. The van der Waals surface area contributed by atoms with Gasteiger partial charge in [0.1, 0.15) is 5.75 Å². The zero-order valence-electron chi connectivity index (χ0n) is 13.2. The summed E-state index contributed by atoms with van der Waals surface area (Å²) in [5, 5.41) is 2.83. The molecule has 0 saturated carbocycles. The molecule has 0 bridgehead atoms. The van der Waals surface area contributed by atoms with Crippen LogP contribution in [0.15, 0.2) is 47.3 Å². The number of anilines is 1. The van der Waals surface area contributed by atoms with Crippen molar-refractivity contribution < 1.29 is 9.53 Å². The average Bonchev–Trinajstić information content (AvgIpc) is 2.79. The van der Waals surface area contributed by atoms with Crippen LogP contribution in [0.2, 0.25) is 0 Å². The van der Waals surface area contributed by atoms with Gasteiger partial charge in [-0.3, -0.25) is 13.9 Å². The quantitative estimate of drug-likeness (QED) is 0.806. The van der Waals surface area contributed by atoms with Crippen molar-refractivity contribution in [1.82, 2.24) is 9.13 Å². The monoisotopic (exact) mass is 311 g/mol. The van der Waals surface area contributed by atoms with Gasteiger partial charge < -0.3 is 10.1 Å². The van der Waals surface area contributed by atoms with E-state index in [9.17, 15) is 9.59 Å². The van der Waals surface area contributed by atoms with E-state index in [2.05, 4.69) is 5.32 Å². The van der Waals surface area contributed by atoms with Crippen LogP contribution in [0.3, 0.4) is 0 Å². The topological polar surface area (TPSA) is 65.3 Å². The van der Waals surface area contributed by atoms with Gasteiger partial charge in [-0.1, -0.05) is 12.1 Å². The van der Waals surface area contributed by atoms with Crippen molar-refractivity contribution in [2.24, 2.45) is 14.1 Å². The fraction of sp³-hybridized carbons (Fsp3) is 0.176. The van der Waals surface area contributed by atoms with E-state index in [1.54, 1.807) is 56.1 Å². The number of ether oxygens (including phenoxy) is 1. The molecule has 1 amide bonds. The van der Waals surface area contributed by atoms with E-state index < -0.39 is 0 Å². The molecule has 3 rings (SSSR count). The molecule has 1 aromatic heterocycles. The van der Waals surface area contributed by atoms with E-state index in [0.29, 0.717) is 22.5 Å². The summed E-state index contributed by atoms with van der Waals surface area (Å²) in [6, 6.07) is 12.4. The van der Waals surface area contributed by atoms with Gasteiger partial charge in [0.15, 0.2) is 0 Å². The molecule has 3 aromatic rings. The predicted octanol–water partition coefficient (Wildman–Crippen LogP) is 2.14. The standard InChI is InChI=1S/C17H17N3O3/c1-19-13-9-8-11(10-14(13)20(2)17(19)22)16(21)18-12-6-4-5-7-15(12)23-3/h4-10H,1-3H3,(H,18,21). The van der Waals surface area contributed by atoms with Crippen LogP contribution in [0, 0.1) is 0 Å². The maximum absolute atomic E-state index is 12.5. The second-order valence-electron chi connectivity index (χ2n) is 5.26. The first-order chi connectivity index (χ1) is 11.0. The SMILES string of the molecule is COc1ccccc1NC(=O)c1ccc2c(c1)n(C)c(=O)n2C. The minimum absolute atomic E-state index is 0.123. The molecule has 118 valence electrons. The molecule has 2 aromatic carbocycles. The number of methoxy groups -OCH3 is 1. The maximum Gasteiger partial charge on any atom is 0.328 e. The molecule has 6 heteroatoms. The number of carbonyl (C=O) groups is 1. The molecule has 1 N–H and O–H groups in total.